The molecule has 0 radical (unpaired) electrons. The number of nitriles is 1. The number of carbonyl (C=O) groups excluding carboxylic acids is 1. The maximum atomic E-state index is 11.9. The lowest BCUT2D eigenvalue weighted by Crippen LogP contribution is -2.37. The van der Waals surface area contributed by atoms with Crippen LogP contribution >= 0.6 is 0 Å². The molecule has 0 aliphatic heterocycles. The van der Waals surface area contributed by atoms with E-state index in [1.807, 2.05) is 13.8 Å². The van der Waals surface area contributed by atoms with Crippen molar-refractivity contribution in [2.24, 2.45) is 5.92 Å². The third kappa shape index (κ3) is 3.22. The van der Waals surface area contributed by atoms with Crippen molar-refractivity contribution in [3.63, 3.8) is 0 Å². The first-order valence-electron chi connectivity index (χ1n) is 5.45. The van der Waals surface area contributed by atoms with Crippen LogP contribution < -0.4 is 5.32 Å². The van der Waals surface area contributed by atoms with Gasteiger partial charge in [0, 0.05) is 5.56 Å². The summed E-state index contributed by atoms with van der Waals surface area (Å²) < 4.78 is 0. The van der Waals surface area contributed by atoms with Gasteiger partial charge in [0.15, 0.2) is 0 Å². The van der Waals surface area contributed by atoms with Crippen molar-refractivity contribution in [3.8, 4) is 11.8 Å². The zero-order chi connectivity index (χ0) is 13.0. The van der Waals surface area contributed by atoms with E-state index in [0.29, 0.717) is 11.1 Å². The highest BCUT2D eigenvalue weighted by Crippen LogP contribution is 2.16. The number of benzene rings is 1. The largest absolute Gasteiger partial charge is 0.508 e. The Bertz CT molecular complexity index is 461. The summed E-state index contributed by atoms with van der Waals surface area (Å²) in [7, 11) is 0. The first-order valence-corrected chi connectivity index (χ1v) is 5.45. The number of nitrogens with zero attached hydrogens (tertiary/aromatic N) is 1. The van der Waals surface area contributed by atoms with Gasteiger partial charge in [-0.3, -0.25) is 4.79 Å². The lowest BCUT2D eigenvalue weighted by Gasteiger charge is -2.15. The number of phenols is 1. The molecule has 0 saturated heterocycles. The number of phenolic OH excluding ortho intramolecular Hbond substituents is 1. The van der Waals surface area contributed by atoms with Gasteiger partial charge in [0.25, 0.3) is 5.91 Å². The quantitative estimate of drug-likeness (QED) is 0.836. The molecule has 90 valence electrons. The fourth-order valence-electron chi connectivity index (χ4n) is 1.47. The summed E-state index contributed by atoms with van der Waals surface area (Å²) in [4.78, 5) is 11.9. The van der Waals surface area contributed by atoms with Crippen LogP contribution in [0.3, 0.4) is 0 Å². The predicted molar refractivity (Wildman–Crippen MR) is 64.5 cm³/mol. The highest BCUT2D eigenvalue weighted by atomic mass is 16.3. The second-order valence-corrected chi connectivity index (χ2v) is 4.32. The molecule has 4 nitrogen and oxygen atoms in total. The summed E-state index contributed by atoms with van der Waals surface area (Å²) in [6.07, 6.45) is 0. The Kier molecular flexibility index (Phi) is 4.11. The fourth-order valence-corrected chi connectivity index (χ4v) is 1.47. The Morgan fingerprint density at radius 2 is 2.12 bits per heavy atom. The number of nitrogens with one attached hydrogen (secondary N) is 1. The van der Waals surface area contributed by atoms with Gasteiger partial charge < -0.3 is 10.4 Å². The highest BCUT2D eigenvalue weighted by molar-refractivity contribution is 5.96. The molecule has 4 heteroatoms. The van der Waals surface area contributed by atoms with Crippen molar-refractivity contribution in [1.82, 2.24) is 5.32 Å². The minimum absolute atomic E-state index is 0.0568. The highest BCUT2D eigenvalue weighted by Gasteiger charge is 2.17. The van der Waals surface area contributed by atoms with Crippen LogP contribution in [0.2, 0.25) is 0 Å². The molecule has 1 aromatic carbocycles. The van der Waals surface area contributed by atoms with Gasteiger partial charge in [-0.15, -0.1) is 0 Å². The Morgan fingerprint density at radius 1 is 1.47 bits per heavy atom. The van der Waals surface area contributed by atoms with Crippen molar-refractivity contribution in [3.05, 3.63) is 29.3 Å². The molecule has 1 rings (SSSR count). The molecule has 1 atom stereocenters. The van der Waals surface area contributed by atoms with Gasteiger partial charge in [0.2, 0.25) is 0 Å². The van der Waals surface area contributed by atoms with E-state index in [0.717, 1.165) is 0 Å². The van der Waals surface area contributed by atoms with Crippen molar-refractivity contribution < 1.29 is 9.90 Å². The smallest absolute Gasteiger partial charge is 0.252 e. The minimum Gasteiger partial charge on any atom is -0.508 e. The third-order valence-electron chi connectivity index (χ3n) is 2.55. The summed E-state index contributed by atoms with van der Waals surface area (Å²) >= 11 is 0. The molecule has 1 unspecified atom stereocenters. The van der Waals surface area contributed by atoms with Gasteiger partial charge in [-0.2, -0.15) is 5.26 Å². The second-order valence-electron chi connectivity index (χ2n) is 4.32. The summed E-state index contributed by atoms with van der Waals surface area (Å²) in [6, 6.07) is 6.07. The summed E-state index contributed by atoms with van der Waals surface area (Å²) in [5, 5.41) is 20.8. The van der Waals surface area contributed by atoms with Crippen LogP contribution in [0.25, 0.3) is 0 Å². The van der Waals surface area contributed by atoms with Crippen molar-refractivity contribution in [1.29, 1.82) is 5.26 Å². The first-order chi connectivity index (χ1) is 7.95. The van der Waals surface area contributed by atoms with Gasteiger partial charge >= 0.3 is 0 Å². The SMILES string of the molecule is Cc1cc(O)ccc1C(=O)NC(C#N)C(C)C. The monoisotopic (exact) mass is 232 g/mol. The first kappa shape index (κ1) is 13.0. The molecule has 0 spiro atoms. The molecule has 0 aromatic heterocycles. The molecule has 0 heterocycles. The van der Waals surface area contributed by atoms with Gasteiger partial charge in [0.05, 0.1) is 6.07 Å². The van der Waals surface area contributed by atoms with Crippen LogP contribution in [-0.4, -0.2) is 17.1 Å². The van der Waals surface area contributed by atoms with Crippen molar-refractivity contribution in [2.75, 3.05) is 0 Å². The van der Waals surface area contributed by atoms with Gasteiger partial charge in [0.1, 0.15) is 11.8 Å². The van der Waals surface area contributed by atoms with Crippen LogP contribution in [0.5, 0.6) is 5.75 Å². The summed E-state index contributed by atoms with van der Waals surface area (Å²) in [6.45, 7) is 5.49. The van der Waals surface area contributed by atoms with E-state index < -0.39 is 6.04 Å². The maximum absolute atomic E-state index is 11.9. The maximum Gasteiger partial charge on any atom is 0.252 e. The summed E-state index contributed by atoms with van der Waals surface area (Å²) in [5.41, 5.74) is 1.16. The molecule has 2 N–H and O–H groups in total. The number of rotatable bonds is 3. The molecular weight excluding hydrogens is 216 g/mol. The number of carbonyl (C=O) groups is 1. The van der Waals surface area contributed by atoms with Crippen LogP contribution in [0, 0.1) is 24.2 Å². The molecule has 0 saturated carbocycles. The molecule has 0 aliphatic rings. The molecule has 1 aromatic rings. The Morgan fingerprint density at radius 3 is 2.59 bits per heavy atom. The average Bonchev–Trinajstić information content (AvgIpc) is 2.24. The van der Waals surface area contributed by atoms with Crippen LogP contribution in [0.15, 0.2) is 18.2 Å². The number of hydrogen-bond acceptors (Lipinski definition) is 3. The number of aryl methyl sites for hydroxylation is 1. The van der Waals surface area contributed by atoms with Gasteiger partial charge in [-0.05, 0) is 36.6 Å². The fraction of sp³-hybridized carbons (Fsp3) is 0.385. The van der Waals surface area contributed by atoms with Crippen LogP contribution in [-0.2, 0) is 0 Å². The zero-order valence-electron chi connectivity index (χ0n) is 10.2. The molecule has 0 fully saturated rings. The molecule has 0 aliphatic carbocycles. The molecule has 0 bridgehead atoms. The van der Waals surface area contributed by atoms with Crippen molar-refractivity contribution in [2.45, 2.75) is 26.8 Å². The van der Waals surface area contributed by atoms with Crippen LogP contribution in [0.1, 0.15) is 29.8 Å². The third-order valence-corrected chi connectivity index (χ3v) is 2.55. The van der Waals surface area contributed by atoms with E-state index >= 15 is 0 Å². The Hall–Kier alpha value is -2.02. The average molecular weight is 232 g/mol. The van der Waals surface area contributed by atoms with E-state index in [4.69, 9.17) is 5.26 Å². The zero-order valence-corrected chi connectivity index (χ0v) is 10.2. The Labute approximate surface area is 101 Å². The normalized spacial score (nSPS) is 11.9. The van der Waals surface area contributed by atoms with Crippen molar-refractivity contribution >= 4 is 5.91 Å². The van der Waals surface area contributed by atoms with E-state index in [2.05, 4.69) is 11.4 Å². The Balaban J connectivity index is 2.87. The number of aromatic hydroxyl groups is 1. The molecule has 1 amide bonds. The second kappa shape index (κ2) is 5.35. The molecular formula is C13H16N2O2. The van der Waals surface area contributed by atoms with E-state index in [-0.39, 0.29) is 17.6 Å². The van der Waals surface area contributed by atoms with E-state index in [1.165, 1.54) is 12.1 Å². The molecule has 17 heavy (non-hydrogen) atoms. The van der Waals surface area contributed by atoms with Gasteiger partial charge in [-0.25, -0.2) is 0 Å². The summed E-state index contributed by atoms with van der Waals surface area (Å²) in [5.74, 6) is -0.108. The standard InChI is InChI=1S/C13H16N2O2/c1-8(2)12(7-14)15-13(17)11-5-4-10(16)6-9(11)3/h4-6,8,12,16H,1-3H3,(H,15,17). The van der Waals surface area contributed by atoms with Gasteiger partial charge in [-0.1, -0.05) is 13.8 Å². The van der Waals surface area contributed by atoms with Crippen LogP contribution in [0.4, 0.5) is 0 Å². The lowest BCUT2D eigenvalue weighted by atomic mass is 10.0. The number of amides is 1. The predicted octanol–water partition coefficient (Wildman–Crippen LogP) is 1.98. The van der Waals surface area contributed by atoms with E-state index in [9.17, 15) is 9.90 Å². The topological polar surface area (TPSA) is 73.1 Å². The van der Waals surface area contributed by atoms with E-state index in [1.54, 1.807) is 13.0 Å². The minimum atomic E-state index is -0.504. The lowest BCUT2D eigenvalue weighted by molar-refractivity contribution is 0.0937. The number of hydrogen-bond donors (Lipinski definition) is 2.